The quantitative estimate of drug-likeness (QED) is 0.843. The zero-order chi connectivity index (χ0) is 16.1. The number of rotatable bonds is 6. The van der Waals surface area contributed by atoms with Crippen molar-refractivity contribution in [2.75, 3.05) is 18.4 Å². The van der Waals surface area contributed by atoms with E-state index in [1.807, 2.05) is 24.3 Å². The van der Waals surface area contributed by atoms with Crippen LogP contribution < -0.4 is 10.2 Å². The van der Waals surface area contributed by atoms with Gasteiger partial charge in [-0.05, 0) is 49.4 Å². The largest absolute Gasteiger partial charge is 0.324 e. The molecule has 1 aliphatic rings. The van der Waals surface area contributed by atoms with Crippen LogP contribution in [0.15, 0.2) is 48.5 Å². The van der Waals surface area contributed by atoms with Gasteiger partial charge in [-0.3, -0.25) is 4.79 Å². The summed E-state index contributed by atoms with van der Waals surface area (Å²) >= 11 is 0. The standard InChI is InChI=1S/C20H24N2O/c1-2-22(14-16-7-4-3-5-8-16)15-20(23)21-19-12-11-17-9-6-10-18(17)13-19/h3-5,7-8,11-13H,2,6,9-10,14-15H2,1H3,(H,21,23)/p+1. The Labute approximate surface area is 138 Å². The summed E-state index contributed by atoms with van der Waals surface area (Å²) in [4.78, 5) is 13.6. The summed E-state index contributed by atoms with van der Waals surface area (Å²) in [6.45, 7) is 4.45. The van der Waals surface area contributed by atoms with Crippen LogP contribution in [0.5, 0.6) is 0 Å². The van der Waals surface area contributed by atoms with E-state index in [4.69, 9.17) is 0 Å². The number of amides is 1. The van der Waals surface area contributed by atoms with Crippen molar-refractivity contribution in [2.45, 2.75) is 32.7 Å². The predicted octanol–water partition coefficient (Wildman–Crippen LogP) is 2.22. The Balaban J connectivity index is 1.57. The predicted molar refractivity (Wildman–Crippen MR) is 93.6 cm³/mol. The molecule has 1 atom stereocenters. The Kier molecular flexibility index (Phi) is 5.09. The van der Waals surface area contributed by atoms with Gasteiger partial charge in [0, 0.05) is 11.3 Å². The van der Waals surface area contributed by atoms with E-state index in [0.29, 0.717) is 6.54 Å². The van der Waals surface area contributed by atoms with Crippen LogP contribution in [-0.4, -0.2) is 19.0 Å². The van der Waals surface area contributed by atoms with Gasteiger partial charge in [-0.2, -0.15) is 0 Å². The summed E-state index contributed by atoms with van der Waals surface area (Å²) in [6, 6.07) is 16.7. The van der Waals surface area contributed by atoms with E-state index >= 15 is 0 Å². The maximum atomic E-state index is 12.3. The number of likely N-dealkylation sites (N-methyl/N-ethyl adjacent to an activating group) is 1. The number of fused-ring (bicyclic) bond motifs is 1. The minimum atomic E-state index is 0.0933. The van der Waals surface area contributed by atoms with E-state index in [2.05, 4.69) is 36.5 Å². The number of carbonyl (C=O) groups is 1. The molecule has 1 aliphatic carbocycles. The van der Waals surface area contributed by atoms with E-state index in [-0.39, 0.29) is 5.91 Å². The molecule has 0 heterocycles. The van der Waals surface area contributed by atoms with Crippen molar-refractivity contribution in [1.82, 2.24) is 0 Å². The van der Waals surface area contributed by atoms with Gasteiger partial charge in [-0.15, -0.1) is 0 Å². The molecule has 2 N–H and O–H groups in total. The van der Waals surface area contributed by atoms with Crippen molar-refractivity contribution in [3.8, 4) is 0 Å². The number of nitrogens with one attached hydrogen (secondary N) is 2. The highest BCUT2D eigenvalue weighted by atomic mass is 16.2. The van der Waals surface area contributed by atoms with Crippen molar-refractivity contribution in [2.24, 2.45) is 0 Å². The Morgan fingerprint density at radius 2 is 1.87 bits per heavy atom. The molecule has 1 unspecified atom stereocenters. The van der Waals surface area contributed by atoms with Gasteiger partial charge < -0.3 is 10.2 Å². The summed E-state index contributed by atoms with van der Waals surface area (Å²) < 4.78 is 0. The van der Waals surface area contributed by atoms with Gasteiger partial charge in [0.15, 0.2) is 6.54 Å². The minimum Gasteiger partial charge on any atom is -0.324 e. The van der Waals surface area contributed by atoms with Crippen LogP contribution in [0.2, 0.25) is 0 Å². The second-order valence-corrected chi connectivity index (χ2v) is 6.33. The van der Waals surface area contributed by atoms with Crippen molar-refractivity contribution < 1.29 is 9.69 Å². The number of benzene rings is 2. The summed E-state index contributed by atoms with van der Waals surface area (Å²) in [6.07, 6.45) is 3.55. The normalized spacial score (nSPS) is 14.3. The molecule has 0 saturated heterocycles. The minimum absolute atomic E-state index is 0.0933. The molecule has 23 heavy (non-hydrogen) atoms. The van der Waals surface area contributed by atoms with Crippen LogP contribution in [0.3, 0.4) is 0 Å². The summed E-state index contributed by atoms with van der Waals surface area (Å²) in [5.74, 6) is 0.0933. The van der Waals surface area contributed by atoms with Crippen LogP contribution in [-0.2, 0) is 24.2 Å². The fourth-order valence-electron chi connectivity index (χ4n) is 3.28. The molecule has 0 saturated carbocycles. The van der Waals surface area contributed by atoms with Crippen molar-refractivity contribution in [3.05, 3.63) is 65.2 Å². The third-order valence-corrected chi connectivity index (χ3v) is 4.59. The highest BCUT2D eigenvalue weighted by Gasteiger charge is 2.15. The Hall–Kier alpha value is -2.13. The topological polar surface area (TPSA) is 33.5 Å². The maximum absolute atomic E-state index is 12.3. The van der Waals surface area contributed by atoms with Gasteiger partial charge in [0.05, 0.1) is 6.54 Å². The number of hydrogen-bond acceptors (Lipinski definition) is 1. The molecule has 1 amide bonds. The highest BCUT2D eigenvalue weighted by Crippen LogP contribution is 2.24. The monoisotopic (exact) mass is 309 g/mol. The van der Waals surface area contributed by atoms with Gasteiger partial charge in [-0.25, -0.2) is 0 Å². The molecule has 0 aliphatic heterocycles. The highest BCUT2D eigenvalue weighted by molar-refractivity contribution is 5.91. The summed E-state index contributed by atoms with van der Waals surface area (Å²) in [5, 5.41) is 3.06. The van der Waals surface area contributed by atoms with E-state index in [1.54, 1.807) is 0 Å². The Morgan fingerprint density at radius 3 is 2.65 bits per heavy atom. The first kappa shape index (κ1) is 15.8. The lowest BCUT2D eigenvalue weighted by Gasteiger charge is -2.17. The molecule has 0 fully saturated rings. The second-order valence-electron chi connectivity index (χ2n) is 6.33. The van der Waals surface area contributed by atoms with E-state index in [0.717, 1.165) is 25.2 Å². The van der Waals surface area contributed by atoms with Crippen molar-refractivity contribution in [1.29, 1.82) is 0 Å². The molecule has 0 radical (unpaired) electrons. The van der Waals surface area contributed by atoms with Crippen molar-refractivity contribution in [3.63, 3.8) is 0 Å². The second kappa shape index (κ2) is 7.42. The molecular weight excluding hydrogens is 284 g/mol. The lowest BCUT2D eigenvalue weighted by molar-refractivity contribution is -0.903. The first-order valence-electron chi connectivity index (χ1n) is 8.53. The third kappa shape index (κ3) is 4.20. The molecule has 3 rings (SSSR count). The van der Waals surface area contributed by atoms with Gasteiger partial charge in [0.1, 0.15) is 6.54 Å². The molecule has 3 nitrogen and oxygen atoms in total. The number of anilines is 1. The fraction of sp³-hybridized carbons (Fsp3) is 0.350. The van der Waals surface area contributed by atoms with Gasteiger partial charge in [0.2, 0.25) is 0 Å². The number of quaternary nitrogens is 1. The molecule has 2 aromatic carbocycles. The molecule has 0 aromatic heterocycles. The SMILES string of the molecule is CC[NH+](CC(=O)Nc1ccc2c(c1)CCC2)Cc1ccccc1. The average Bonchev–Trinajstić information content (AvgIpc) is 3.02. The Morgan fingerprint density at radius 1 is 1.09 bits per heavy atom. The number of carbonyl (C=O) groups excluding carboxylic acids is 1. The Bertz CT molecular complexity index is 667. The summed E-state index contributed by atoms with van der Waals surface area (Å²) in [7, 11) is 0. The van der Waals surface area contributed by atoms with Gasteiger partial charge in [-0.1, -0.05) is 36.4 Å². The maximum Gasteiger partial charge on any atom is 0.279 e. The lowest BCUT2D eigenvalue weighted by atomic mass is 10.1. The van der Waals surface area contributed by atoms with Crippen molar-refractivity contribution >= 4 is 11.6 Å². The number of hydrogen-bond donors (Lipinski definition) is 2. The molecule has 0 bridgehead atoms. The van der Waals surface area contributed by atoms with Gasteiger partial charge >= 0.3 is 0 Å². The zero-order valence-corrected chi connectivity index (χ0v) is 13.8. The molecular formula is C20H25N2O+. The fourth-order valence-corrected chi connectivity index (χ4v) is 3.28. The van der Waals surface area contributed by atoms with E-state index < -0.39 is 0 Å². The molecule has 3 heteroatoms. The lowest BCUT2D eigenvalue weighted by Crippen LogP contribution is -3.11. The van der Waals surface area contributed by atoms with Gasteiger partial charge in [0.25, 0.3) is 5.91 Å². The third-order valence-electron chi connectivity index (χ3n) is 4.59. The molecule has 0 spiro atoms. The summed E-state index contributed by atoms with van der Waals surface area (Å²) in [5.41, 5.74) is 5.04. The van der Waals surface area contributed by atoms with Crippen LogP contribution in [0.25, 0.3) is 0 Å². The van der Waals surface area contributed by atoms with E-state index in [1.165, 1.54) is 34.4 Å². The van der Waals surface area contributed by atoms with Crippen LogP contribution >= 0.6 is 0 Å². The van der Waals surface area contributed by atoms with Crippen LogP contribution in [0.1, 0.15) is 30.0 Å². The molecule has 2 aromatic rings. The average molecular weight is 309 g/mol. The molecule has 120 valence electrons. The van der Waals surface area contributed by atoms with Crippen LogP contribution in [0, 0.1) is 0 Å². The van der Waals surface area contributed by atoms with E-state index in [9.17, 15) is 4.79 Å². The zero-order valence-electron chi connectivity index (χ0n) is 13.8. The smallest absolute Gasteiger partial charge is 0.279 e. The van der Waals surface area contributed by atoms with Crippen LogP contribution in [0.4, 0.5) is 5.69 Å². The first-order valence-corrected chi connectivity index (χ1v) is 8.53. The first-order chi connectivity index (χ1) is 11.2. The number of aryl methyl sites for hydroxylation is 2.